The first-order valence-corrected chi connectivity index (χ1v) is 8.18. The van der Waals surface area contributed by atoms with Crippen molar-refractivity contribution in [2.45, 2.75) is 0 Å². The number of H-pyrrole nitrogens is 1. The molecule has 0 saturated carbocycles. The number of thiophene rings is 1. The van der Waals surface area contributed by atoms with Gasteiger partial charge in [0.1, 0.15) is 11.5 Å². The molecule has 0 unspecified atom stereocenters. The van der Waals surface area contributed by atoms with Crippen LogP contribution < -0.4 is 5.56 Å². The van der Waals surface area contributed by atoms with Crippen molar-refractivity contribution in [3.05, 3.63) is 63.9 Å². The molecule has 0 spiro atoms. The van der Waals surface area contributed by atoms with Crippen LogP contribution in [0.25, 0.3) is 33.6 Å². The average Bonchev–Trinajstić information content (AvgIpc) is 3.22. The van der Waals surface area contributed by atoms with Crippen LogP contribution in [-0.2, 0) is 7.05 Å². The van der Waals surface area contributed by atoms with E-state index in [4.69, 9.17) is 0 Å². The van der Waals surface area contributed by atoms with E-state index in [1.165, 1.54) is 0 Å². The second-order valence-electron chi connectivity index (χ2n) is 5.26. The topological polar surface area (TPSA) is 76.5 Å². The molecule has 4 rings (SSSR count). The second-order valence-corrected chi connectivity index (χ2v) is 6.21. The summed E-state index contributed by atoms with van der Waals surface area (Å²) in [5.41, 5.74) is 2.28. The molecular formula is C17H13N5OS. The molecule has 0 saturated heterocycles. The first-order chi connectivity index (χ1) is 11.7. The molecule has 0 fully saturated rings. The van der Waals surface area contributed by atoms with Gasteiger partial charge in [-0.3, -0.25) is 14.5 Å². The Kier molecular flexibility index (Phi) is 3.55. The van der Waals surface area contributed by atoms with E-state index in [0.29, 0.717) is 16.7 Å². The molecule has 24 heavy (non-hydrogen) atoms. The molecule has 0 radical (unpaired) electrons. The van der Waals surface area contributed by atoms with Gasteiger partial charge in [0.2, 0.25) is 0 Å². The van der Waals surface area contributed by atoms with Gasteiger partial charge < -0.3 is 4.98 Å². The smallest absolute Gasteiger partial charge is 0.259 e. The zero-order chi connectivity index (χ0) is 16.5. The van der Waals surface area contributed by atoms with Crippen LogP contribution in [0.3, 0.4) is 0 Å². The Hall–Kier alpha value is -3.06. The lowest BCUT2D eigenvalue weighted by atomic mass is 10.2. The third kappa shape index (κ3) is 2.65. The summed E-state index contributed by atoms with van der Waals surface area (Å²) in [6.45, 7) is 0. The SMILES string of the molecule is Cn1cc(/C=C/c2nc3cnccc3c(=O)[nH]2)c(-c2cccs2)n1. The summed E-state index contributed by atoms with van der Waals surface area (Å²) in [7, 11) is 1.89. The van der Waals surface area contributed by atoms with Crippen molar-refractivity contribution < 1.29 is 0 Å². The Morgan fingerprint density at radius 2 is 2.21 bits per heavy atom. The van der Waals surface area contributed by atoms with Crippen molar-refractivity contribution in [1.29, 1.82) is 0 Å². The molecule has 6 nitrogen and oxygen atoms in total. The number of aromatic nitrogens is 5. The normalized spacial score (nSPS) is 11.5. The summed E-state index contributed by atoms with van der Waals surface area (Å²) in [4.78, 5) is 24.4. The Labute approximate surface area is 141 Å². The Balaban J connectivity index is 1.75. The molecule has 0 amide bonds. The Morgan fingerprint density at radius 1 is 1.29 bits per heavy atom. The number of hydrogen-bond acceptors (Lipinski definition) is 5. The van der Waals surface area contributed by atoms with Gasteiger partial charge in [0.15, 0.2) is 0 Å². The minimum atomic E-state index is -0.174. The molecule has 4 heterocycles. The van der Waals surface area contributed by atoms with Crippen LogP contribution in [-0.4, -0.2) is 24.7 Å². The zero-order valence-electron chi connectivity index (χ0n) is 12.8. The van der Waals surface area contributed by atoms with Gasteiger partial charge in [0.25, 0.3) is 5.56 Å². The molecule has 0 bridgehead atoms. The maximum absolute atomic E-state index is 12.1. The molecule has 0 aliphatic rings. The van der Waals surface area contributed by atoms with E-state index in [1.807, 2.05) is 36.8 Å². The van der Waals surface area contributed by atoms with E-state index in [0.717, 1.165) is 16.1 Å². The van der Waals surface area contributed by atoms with Gasteiger partial charge in [-0.05, 0) is 29.7 Å². The fourth-order valence-electron chi connectivity index (χ4n) is 2.49. The molecule has 0 atom stereocenters. The molecule has 118 valence electrons. The monoisotopic (exact) mass is 335 g/mol. The lowest BCUT2D eigenvalue weighted by molar-refractivity contribution is 0.771. The summed E-state index contributed by atoms with van der Waals surface area (Å²) in [5, 5.41) is 7.06. The lowest BCUT2D eigenvalue weighted by Gasteiger charge is -1.98. The summed E-state index contributed by atoms with van der Waals surface area (Å²) < 4.78 is 1.77. The predicted molar refractivity (Wildman–Crippen MR) is 95.6 cm³/mol. The molecule has 1 N–H and O–H groups in total. The van der Waals surface area contributed by atoms with Gasteiger partial charge in [-0.2, -0.15) is 5.10 Å². The van der Waals surface area contributed by atoms with E-state index >= 15 is 0 Å². The molecular weight excluding hydrogens is 322 g/mol. The summed E-state index contributed by atoms with van der Waals surface area (Å²) in [6, 6.07) is 5.69. The highest BCUT2D eigenvalue weighted by Crippen LogP contribution is 2.27. The van der Waals surface area contributed by atoms with Crippen LogP contribution >= 0.6 is 11.3 Å². The maximum atomic E-state index is 12.1. The molecule has 0 aliphatic carbocycles. The number of aromatic amines is 1. The molecule has 4 aromatic heterocycles. The minimum Gasteiger partial charge on any atom is -0.306 e. The van der Waals surface area contributed by atoms with Gasteiger partial charge in [0.05, 0.1) is 22.0 Å². The van der Waals surface area contributed by atoms with Crippen molar-refractivity contribution in [3.8, 4) is 10.6 Å². The van der Waals surface area contributed by atoms with Crippen LogP contribution in [0.2, 0.25) is 0 Å². The fraction of sp³-hybridized carbons (Fsp3) is 0.0588. The van der Waals surface area contributed by atoms with E-state index in [1.54, 1.807) is 40.6 Å². The number of nitrogens with one attached hydrogen (secondary N) is 1. The number of hydrogen-bond donors (Lipinski definition) is 1. The highest BCUT2D eigenvalue weighted by Gasteiger charge is 2.09. The Bertz CT molecular complexity index is 1090. The number of fused-ring (bicyclic) bond motifs is 1. The van der Waals surface area contributed by atoms with Gasteiger partial charge in [-0.15, -0.1) is 11.3 Å². The van der Waals surface area contributed by atoms with Crippen LogP contribution in [0, 0.1) is 0 Å². The average molecular weight is 335 g/mol. The van der Waals surface area contributed by atoms with Crippen LogP contribution in [0.1, 0.15) is 11.4 Å². The minimum absolute atomic E-state index is 0.174. The quantitative estimate of drug-likeness (QED) is 0.624. The van der Waals surface area contributed by atoms with Crippen LogP contribution in [0.15, 0.2) is 47.0 Å². The van der Waals surface area contributed by atoms with E-state index in [2.05, 4.69) is 20.1 Å². The van der Waals surface area contributed by atoms with E-state index in [9.17, 15) is 4.79 Å². The summed E-state index contributed by atoms with van der Waals surface area (Å²) in [6.07, 6.45) is 8.79. The van der Waals surface area contributed by atoms with Crippen molar-refractivity contribution in [2.24, 2.45) is 7.05 Å². The van der Waals surface area contributed by atoms with E-state index < -0.39 is 0 Å². The molecule has 4 aromatic rings. The van der Waals surface area contributed by atoms with Gasteiger partial charge in [-0.25, -0.2) is 4.98 Å². The molecule has 0 aliphatic heterocycles. The Morgan fingerprint density at radius 3 is 3.04 bits per heavy atom. The van der Waals surface area contributed by atoms with Crippen molar-refractivity contribution in [1.82, 2.24) is 24.7 Å². The zero-order valence-corrected chi connectivity index (χ0v) is 13.6. The molecule has 7 heteroatoms. The number of rotatable bonds is 3. The fourth-order valence-corrected chi connectivity index (χ4v) is 3.22. The van der Waals surface area contributed by atoms with Gasteiger partial charge in [-0.1, -0.05) is 6.07 Å². The summed E-state index contributed by atoms with van der Waals surface area (Å²) in [5.74, 6) is 0.487. The largest absolute Gasteiger partial charge is 0.306 e. The first kappa shape index (κ1) is 14.5. The highest BCUT2D eigenvalue weighted by molar-refractivity contribution is 7.13. The van der Waals surface area contributed by atoms with Gasteiger partial charge >= 0.3 is 0 Å². The van der Waals surface area contributed by atoms with Crippen molar-refractivity contribution in [3.63, 3.8) is 0 Å². The second kappa shape index (κ2) is 5.86. The third-order valence-corrected chi connectivity index (χ3v) is 4.44. The van der Waals surface area contributed by atoms with Crippen LogP contribution in [0.4, 0.5) is 0 Å². The standard InChI is InChI=1S/C17H13N5OS/c1-22-10-11(16(21-22)14-3-2-8-24-14)4-5-15-19-13-9-18-7-6-12(13)17(23)20-15/h2-10H,1H3,(H,19,20,23)/b5-4+. The number of nitrogens with zero attached hydrogens (tertiary/aromatic N) is 4. The predicted octanol–water partition coefficient (Wildman–Crippen LogP) is 2.95. The third-order valence-electron chi connectivity index (χ3n) is 3.56. The number of aryl methyl sites for hydroxylation is 1. The van der Waals surface area contributed by atoms with Gasteiger partial charge in [0, 0.05) is 25.0 Å². The van der Waals surface area contributed by atoms with E-state index in [-0.39, 0.29) is 5.56 Å². The van der Waals surface area contributed by atoms with Crippen molar-refractivity contribution >= 4 is 34.4 Å². The number of pyridine rings is 1. The molecule has 0 aromatic carbocycles. The maximum Gasteiger partial charge on any atom is 0.259 e. The first-order valence-electron chi connectivity index (χ1n) is 7.30. The van der Waals surface area contributed by atoms with Crippen molar-refractivity contribution in [2.75, 3.05) is 0 Å². The van der Waals surface area contributed by atoms with Crippen LogP contribution in [0.5, 0.6) is 0 Å². The summed E-state index contributed by atoms with van der Waals surface area (Å²) >= 11 is 1.64. The highest BCUT2D eigenvalue weighted by atomic mass is 32.1. The lowest BCUT2D eigenvalue weighted by Crippen LogP contribution is -2.09.